The highest BCUT2D eigenvalue weighted by Crippen LogP contribution is 2.14. The van der Waals surface area contributed by atoms with E-state index in [2.05, 4.69) is 5.73 Å². The summed E-state index contributed by atoms with van der Waals surface area (Å²) in [5.41, 5.74) is 3.38. The molecule has 0 aromatic carbocycles. The summed E-state index contributed by atoms with van der Waals surface area (Å²) in [6.45, 7) is 3.29. The van der Waals surface area contributed by atoms with Gasteiger partial charge in [0.05, 0.1) is 0 Å². The molecule has 0 rings (SSSR count). The summed E-state index contributed by atoms with van der Waals surface area (Å²) in [7, 11) is -4.23. The molecular weight excluding hydrogens is 154 g/mol. The van der Waals surface area contributed by atoms with E-state index in [-0.39, 0.29) is 12.8 Å². The zero-order valence-corrected chi connectivity index (χ0v) is 7.07. The van der Waals surface area contributed by atoms with E-state index in [9.17, 15) is 13.0 Å². The van der Waals surface area contributed by atoms with Crippen LogP contribution < -0.4 is 5.73 Å². The highest BCUT2D eigenvalue weighted by Gasteiger charge is 2.32. The van der Waals surface area contributed by atoms with E-state index in [4.69, 9.17) is 0 Å². The van der Waals surface area contributed by atoms with Gasteiger partial charge < -0.3 is 10.3 Å². The first-order valence-corrected chi connectivity index (χ1v) is 4.59. The highest BCUT2D eigenvalue weighted by atomic mass is 32.2. The summed E-state index contributed by atoms with van der Waals surface area (Å²) in [4.78, 5) is -1.31. The maximum absolute atomic E-state index is 10.5. The molecule has 0 aromatic rings. The number of rotatable bonds is 3. The van der Waals surface area contributed by atoms with E-state index in [1.807, 2.05) is 0 Å². The normalized spacial score (nSPS) is 13.6. The van der Waals surface area contributed by atoms with Crippen molar-refractivity contribution in [2.75, 3.05) is 0 Å². The third-order valence-electron chi connectivity index (χ3n) is 1.82. The molecule has 62 valence electrons. The Morgan fingerprint density at radius 2 is 1.70 bits per heavy atom. The SMILES string of the molecule is CCC([NH3+])(CC)S(=O)(=O)[O-]. The van der Waals surface area contributed by atoms with E-state index in [0.717, 1.165) is 0 Å². The van der Waals surface area contributed by atoms with Gasteiger partial charge in [-0.1, -0.05) is 13.8 Å². The van der Waals surface area contributed by atoms with Gasteiger partial charge in [-0.3, -0.25) is 0 Å². The van der Waals surface area contributed by atoms with Gasteiger partial charge in [-0.15, -0.1) is 0 Å². The second kappa shape index (κ2) is 2.86. The van der Waals surface area contributed by atoms with Crippen LogP contribution in [0.3, 0.4) is 0 Å². The zero-order valence-electron chi connectivity index (χ0n) is 6.25. The molecule has 0 radical (unpaired) electrons. The molecule has 0 atom stereocenters. The third kappa shape index (κ3) is 1.68. The molecule has 0 amide bonds. The van der Waals surface area contributed by atoms with Crippen molar-refractivity contribution in [2.45, 2.75) is 31.6 Å². The van der Waals surface area contributed by atoms with Crippen molar-refractivity contribution in [1.82, 2.24) is 0 Å². The van der Waals surface area contributed by atoms with Crippen LogP contribution in [0.1, 0.15) is 26.7 Å². The maximum Gasteiger partial charge on any atom is 0.183 e. The average Bonchev–Trinajstić information content (AvgIpc) is 1.84. The Labute approximate surface area is 61.2 Å². The Kier molecular flexibility index (Phi) is 2.82. The van der Waals surface area contributed by atoms with Gasteiger partial charge in [0.15, 0.2) is 15.0 Å². The molecule has 0 saturated heterocycles. The van der Waals surface area contributed by atoms with Crippen LogP contribution in [0.2, 0.25) is 0 Å². The van der Waals surface area contributed by atoms with Gasteiger partial charge in [-0.25, -0.2) is 8.42 Å². The van der Waals surface area contributed by atoms with Gasteiger partial charge in [-0.2, -0.15) is 0 Å². The average molecular weight is 167 g/mol. The largest absolute Gasteiger partial charge is 0.743 e. The van der Waals surface area contributed by atoms with Crippen molar-refractivity contribution in [1.29, 1.82) is 0 Å². The highest BCUT2D eigenvalue weighted by molar-refractivity contribution is 7.86. The molecule has 4 nitrogen and oxygen atoms in total. The van der Waals surface area contributed by atoms with E-state index >= 15 is 0 Å². The van der Waals surface area contributed by atoms with Gasteiger partial charge in [0.2, 0.25) is 0 Å². The minimum absolute atomic E-state index is 0.273. The third-order valence-corrected chi connectivity index (χ3v) is 3.46. The van der Waals surface area contributed by atoms with Crippen LogP contribution in [0.25, 0.3) is 0 Å². The molecule has 0 aliphatic rings. The Hall–Kier alpha value is -0.130. The van der Waals surface area contributed by atoms with E-state index in [0.29, 0.717) is 0 Å². The van der Waals surface area contributed by atoms with Gasteiger partial charge in [0.25, 0.3) is 0 Å². The summed E-state index contributed by atoms with van der Waals surface area (Å²) in [5, 5.41) is 0. The van der Waals surface area contributed by atoms with Crippen molar-refractivity contribution in [3.63, 3.8) is 0 Å². The second-order valence-electron chi connectivity index (χ2n) is 2.34. The number of quaternary nitrogens is 1. The predicted molar refractivity (Wildman–Crippen MR) is 35.9 cm³/mol. The van der Waals surface area contributed by atoms with Gasteiger partial charge >= 0.3 is 0 Å². The second-order valence-corrected chi connectivity index (χ2v) is 4.12. The van der Waals surface area contributed by atoms with Crippen LogP contribution >= 0.6 is 0 Å². The molecule has 0 saturated carbocycles. The van der Waals surface area contributed by atoms with E-state index < -0.39 is 15.0 Å². The van der Waals surface area contributed by atoms with Crippen molar-refractivity contribution in [3.05, 3.63) is 0 Å². The fraction of sp³-hybridized carbons (Fsp3) is 1.00. The molecule has 0 fully saturated rings. The van der Waals surface area contributed by atoms with E-state index in [1.54, 1.807) is 13.8 Å². The van der Waals surface area contributed by atoms with Crippen LogP contribution in [-0.4, -0.2) is 17.8 Å². The van der Waals surface area contributed by atoms with Crippen LogP contribution in [-0.2, 0) is 10.1 Å². The van der Waals surface area contributed by atoms with Crippen LogP contribution in [0.4, 0.5) is 0 Å². The minimum Gasteiger partial charge on any atom is -0.743 e. The summed E-state index contributed by atoms with van der Waals surface area (Å²) in [5.74, 6) is 0. The van der Waals surface area contributed by atoms with Crippen molar-refractivity contribution in [3.8, 4) is 0 Å². The first-order valence-electron chi connectivity index (χ1n) is 3.18. The summed E-state index contributed by atoms with van der Waals surface area (Å²) in [6.07, 6.45) is 0.546. The molecule has 0 spiro atoms. The van der Waals surface area contributed by atoms with E-state index in [1.165, 1.54) is 0 Å². The van der Waals surface area contributed by atoms with Crippen molar-refractivity contribution in [2.24, 2.45) is 0 Å². The lowest BCUT2D eigenvalue weighted by Crippen LogP contribution is -2.75. The lowest BCUT2D eigenvalue weighted by Gasteiger charge is -2.25. The summed E-state index contributed by atoms with van der Waals surface area (Å²) < 4.78 is 31.5. The zero-order chi connectivity index (χ0) is 8.41. The lowest BCUT2D eigenvalue weighted by atomic mass is 10.2. The predicted octanol–water partition coefficient (Wildman–Crippen LogP) is -0.710. The molecule has 0 bridgehead atoms. The Morgan fingerprint density at radius 3 is 1.70 bits per heavy atom. The smallest absolute Gasteiger partial charge is 0.183 e. The quantitative estimate of drug-likeness (QED) is 0.563. The Bertz CT molecular complexity index is 193. The molecule has 3 N–H and O–H groups in total. The number of hydrogen-bond donors (Lipinski definition) is 1. The van der Waals surface area contributed by atoms with Crippen LogP contribution in [0.5, 0.6) is 0 Å². The fourth-order valence-corrected chi connectivity index (χ4v) is 1.31. The summed E-state index contributed by atoms with van der Waals surface area (Å²) >= 11 is 0. The van der Waals surface area contributed by atoms with Crippen LogP contribution in [0, 0.1) is 0 Å². The lowest BCUT2D eigenvalue weighted by molar-refractivity contribution is -0.445. The minimum atomic E-state index is -4.23. The van der Waals surface area contributed by atoms with Gasteiger partial charge in [0, 0.05) is 12.8 Å². The van der Waals surface area contributed by atoms with Gasteiger partial charge in [-0.05, 0) is 0 Å². The molecule has 5 heteroatoms. The molecular formula is C5H13NO3S. The molecule has 0 aromatic heterocycles. The molecule has 0 aliphatic carbocycles. The molecule has 0 unspecified atom stereocenters. The molecule has 0 heterocycles. The number of hydrogen-bond acceptors (Lipinski definition) is 3. The first kappa shape index (κ1) is 9.87. The fourth-order valence-electron chi connectivity index (χ4n) is 0.604. The molecule has 10 heavy (non-hydrogen) atoms. The maximum atomic E-state index is 10.5. The topological polar surface area (TPSA) is 84.8 Å². The van der Waals surface area contributed by atoms with Gasteiger partial charge in [0.1, 0.15) is 0 Å². The van der Waals surface area contributed by atoms with Crippen molar-refractivity contribution < 1.29 is 18.7 Å². The molecule has 0 aliphatic heterocycles. The van der Waals surface area contributed by atoms with Crippen LogP contribution in [0.15, 0.2) is 0 Å². The Balaban J connectivity index is 4.68. The first-order chi connectivity index (χ1) is 4.37. The van der Waals surface area contributed by atoms with Crippen molar-refractivity contribution >= 4 is 10.1 Å². The standard InChI is InChI=1S/C5H13NO3S/c1-3-5(6,4-2)10(7,8)9/h3-4,6H2,1-2H3,(H,7,8,9). The Morgan fingerprint density at radius 1 is 1.40 bits per heavy atom. The monoisotopic (exact) mass is 167 g/mol. The summed E-state index contributed by atoms with van der Waals surface area (Å²) in [6, 6.07) is 0.